The standard InChI is InChI=1S/C16H17N3O3S2/c1-9-11(10(2)22-19-9)7-23-8-14(20)17-16-18-15-12(21-3)5-4-6-13(15)24-16/h4-6H,7-8H2,1-3H3,(H,17,18,20). The Morgan fingerprint density at radius 3 is 2.96 bits per heavy atom. The van der Waals surface area contributed by atoms with Gasteiger partial charge in [0.1, 0.15) is 17.0 Å². The van der Waals surface area contributed by atoms with Gasteiger partial charge in [-0.2, -0.15) is 0 Å². The summed E-state index contributed by atoms with van der Waals surface area (Å²) in [5.74, 6) is 2.47. The number of aryl methyl sites for hydroxylation is 2. The Bertz CT molecular complexity index is 853. The second-order valence-electron chi connectivity index (χ2n) is 5.17. The van der Waals surface area contributed by atoms with Crippen molar-refractivity contribution in [3.8, 4) is 5.75 Å². The van der Waals surface area contributed by atoms with Crippen LogP contribution >= 0.6 is 23.1 Å². The molecule has 0 aliphatic carbocycles. The minimum absolute atomic E-state index is 0.0789. The Kier molecular flexibility index (Phi) is 5.06. The minimum atomic E-state index is -0.0789. The highest BCUT2D eigenvalue weighted by Crippen LogP contribution is 2.32. The molecule has 0 saturated heterocycles. The first kappa shape index (κ1) is 16.8. The highest BCUT2D eigenvalue weighted by molar-refractivity contribution is 7.99. The van der Waals surface area contributed by atoms with E-state index in [1.807, 2.05) is 32.0 Å². The average Bonchev–Trinajstić information content (AvgIpc) is 3.11. The number of thioether (sulfide) groups is 1. The molecule has 1 aromatic carbocycles. The van der Waals surface area contributed by atoms with E-state index < -0.39 is 0 Å². The number of amides is 1. The van der Waals surface area contributed by atoms with Crippen molar-refractivity contribution in [3.05, 3.63) is 35.2 Å². The normalized spacial score (nSPS) is 11.0. The number of benzene rings is 1. The molecular weight excluding hydrogens is 346 g/mol. The molecule has 0 fully saturated rings. The Balaban J connectivity index is 1.59. The van der Waals surface area contributed by atoms with Crippen LogP contribution in [0.25, 0.3) is 10.2 Å². The van der Waals surface area contributed by atoms with Gasteiger partial charge in [0.25, 0.3) is 0 Å². The van der Waals surface area contributed by atoms with Crippen LogP contribution in [0.4, 0.5) is 5.13 Å². The van der Waals surface area contributed by atoms with Gasteiger partial charge in [0, 0.05) is 11.3 Å². The van der Waals surface area contributed by atoms with Crippen molar-refractivity contribution in [3.63, 3.8) is 0 Å². The highest BCUT2D eigenvalue weighted by Gasteiger charge is 2.13. The van der Waals surface area contributed by atoms with Gasteiger partial charge in [-0.15, -0.1) is 11.8 Å². The fraction of sp³-hybridized carbons (Fsp3) is 0.312. The molecule has 6 nitrogen and oxygen atoms in total. The van der Waals surface area contributed by atoms with Crippen LogP contribution in [0, 0.1) is 13.8 Å². The van der Waals surface area contributed by atoms with E-state index in [0.29, 0.717) is 22.4 Å². The number of ether oxygens (including phenoxy) is 1. The van der Waals surface area contributed by atoms with Crippen molar-refractivity contribution < 1.29 is 14.1 Å². The number of carbonyl (C=O) groups is 1. The highest BCUT2D eigenvalue weighted by atomic mass is 32.2. The van der Waals surface area contributed by atoms with Crippen LogP contribution in [0.5, 0.6) is 5.75 Å². The number of methoxy groups -OCH3 is 1. The first-order chi connectivity index (χ1) is 11.6. The number of hydrogen-bond donors (Lipinski definition) is 1. The molecule has 0 bridgehead atoms. The monoisotopic (exact) mass is 363 g/mol. The SMILES string of the molecule is COc1cccc2sc(NC(=O)CSCc3c(C)noc3C)nc12. The first-order valence-corrected chi connectivity index (χ1v) is 9.28. The lowest BCUT2D eigenvalue weighted by Crippen LogP contribution is -2.14. The number of thiazole rings is 1. The van der Waals surface area contributed by atoms with Gasteiger partial charge in [0.2, 0.25) is 5.91 Å². The summed E-state index contributed by atoms with van der Waals surface area (Å²) < 4.78 is 11.4. The maximum atomic E-state index is 12.1. The maximum Gasteiger partial charge on any atom is 0.236 e. The van der Waals surface area contributed by atoms with E-state index in [9.17, 15) is 4.79 Å². The summed E-state index contributed by atoms with van der Waals surface area (Å²) in [6.45, 7) is 3.78. The van der Waals surface area contributed by atoms with E-state index in [1.165, 1.54) is 23.1 Å². The third-order valence-corrected chi connectivity index (χ3v) is 5.40. The molecule has 2 aromatic heterocycles. The third kappa shape index (κ3) is 3.54. The summed E-state index contributed by atoms with van der Waals surface area (Å²) in [4.78, 5) is 16.5. The molecule has 0 spiro atoms. The quantitative estimate of drug-likeness (QED) is 0.718. The third-order valence-electron chi connectivity index (χ3n) is 3.51. The van der Waals surface area contributed by atoms with Crippen molar-refractivity contribution >= 4 is 44.4 Å². The van der Waals surface area contributed by atoms with Gasteiger partial charge in [-0.3, -0.25) is 4.79 Å². The largest absolute Gasteiger partial charge is 0.494 e. The van der Waals surface area contributed by atoms with Crippen LogP contribution in [0.3, 0.4) is 0 Å². The Morgan fingerprint density at radius 2 is 2.25 bits per heavy atom. The lowest BCUT2D eigenvalue weighted by Gasteiger charge is -2.02. The number of anilines is 1. The molecule has 0 saturated carbocycles. The molecule has 3 rings (SSSR count). The molecule has 0 aliphatic heterocycles. The van der Waals surface area contributed by atoms with Crippen molar-refractivity contribution in [1.82, 2.24) is 10.1 Å². The molecule has 8 heteroatoms. The van der Waals surface area contributed by atoms with Gasteiger partial charge in [-0.05, 0) is 26.0 Å². The molecule has 0 unspecified atom stereocenters. The maximum absolute atomic E-state index is 12.1. The molecular formula is C16H17N3O3S2. The zero-order valence-corrected chi connectivity index (χ0v) is 15.2. The topological polar surface area (TPSA) is 77.2 Å². The molecule has 1 N–H and O–H groups in total. The Hall–Kier alpha value is -2.06. The van der Waals surface area contributed by atoms with Crippen LogP contribution in [-0.2, 0) is 10.5 Å². The summed E-state index contributed by atoms with van der Waals surface area (Å²) in [6.07, 6.45) is 0. The number of para-hydroxylation sites is 1. The predicted octanol–water partition coefficient (Wildman–Crippen LogP) is 3.78. The number of carbonyl (C=O) groups excluding carboxylic acids is 1. The zero-order valence-electron chi connectivity index (χ0n) is 13.6. The number of nitrogens with one attached hydrogen (secondary N) is 1. The molecule has 1 amide bonds. The van der Waals surface area contributed by atoms with Crippen LogP contribution in [-0.4, -0.2) is 28.9 Å². The second-order valence-corrected chi connectivity index (χ2v) is 7.19. The second kappa shape index (κ2) is 7.23. The van der Waals surface area contributed by atoms with Crippen LogP contribution in [0.1, 0.15) is 17.0 Å². The van der Waals surface area contributed by atoms with Crippen LogP contribution < -0.4 is 10.1 Å². The van der Waals surface area contributed by atoms with Gasteiger partial charge in [0.05, 0.1) is 23.3 Å². The number of hydrogen-bond acceptors (Lipinski definition) is 7. The van der Waals surface area contributed by atoms with Gasteiger partial charge in [0.15, 0.2) is 5.13 Å². The van der Waals surface area contributed by atoms with E-state index in [0.717, 1.165) is 27.2 Å². The number of aromatic nitrogens is 2. The smallest absolute Gasteiger partial charge is 0.236 e. The van der Waals surface area contributed by atoms with Crippen LogP contribution in [0.15, 0.2) is 22.7 Å². The van der Waals surface area contributed by atoms with Gasteiger partial charge in [-0.1, -0.05) is 22.6 Å². The molecule has 0 atom stereocenters. The van der Waals surface area contributed by atoms with E-state index in [4.69, 9.17) is 9.26 Å². The van der Waals surface area contributed by atoms with E-state index in [-0.39, 0.29) is 5.91 Å². The summed E-state index contributed by atoms with van der Waals surface area (Å²) in [5, 5.41) is 7.34. The number of nitrogens with zero attached hydrogens (tertiary/aromatic N) is 2. The Morgan fingerprint density at radius 1 is 1.42 bits per heavy atom. The molecule has 24 heavy (non-hydrogen) atoms. The van der Waals surface area contributed by atoms with Gasteiger partial charge >= 0.3 is 0 Å². The number of rotatable bonds is 6. The van der Waals surface area contributed by atoms with Crippen molar-refractivity contribution in [2.75, 3.05) is 18.2 Å². The molecule has 0 radical (unpaired) electrons. The number of fused-ring (bicyclic) bond motifs is 1. The fourth-order valence-corrected chi connectivity index (χ4v) is 4.13. The molecule has 0 aliphatic rings. The first-order valence-electron chi connectivity index (χ1n) is 7.31. The summed E-state index contributed by atoms with van der Waals surface area (Å²) in [6, 6.07) is 5.72. The fourth-order valence-electron chi connectivity index (χ4n) is 2.25. The van der Waals surface area contributed by atoms with Crippen molar-refractivity contribution in [1.29, 1.82) is 0 Å². The molecule has 2 heterocycles. The van der Waals surface area contributed by atoms with Crippen molar-refractivity contribution in [2.45, 2.75) is 19.6 Å². The van der Waals surface area contributed by atoms with Gasteiger partial charge in [-0.25, -0.2) is 4.98 Å². The van der Waals surface area contributed by atoms with Crippen molar-refractivity contribution in [2.24, 2.45) is 0 Å². The summed E-state index contributed by atoms with van der Waals surface area (Å²) in [5.41, 5.74) is 2.69. The minimum Gasteiger partial charge on any atom is -0.494 e. The lowest BCUT2D eigenvalue weighted by atomic mass is 10.2. The molecule has 126 valence electrons. The predicted molar refractivity (Wildman–Crippen MR) is 96.9 cm³/mol. The van der Waals surface area contributed by atoms with E-state index in [2.05, 4.69) is 15.5 Å². The summed E-state index contributed by atoms with van der Waals surface area (Å²) >= 11 is 2.96. The van der Waals surface area contributed by atoms with Gasteiger partial charge < -0.3 is 14.6 Å². The van der Waals surface area contributed by atoms with Crippen LogP contribution in [0.2, 0.25) is 0 Å². The molecule has 3 aromatic rings. The average molecular weight is 363 g/mol. The van der Waals surface area contributed by atoms with E-state index >= 15 is 0 Å². The van der Waals surface area contributed by atoms with E-state index in [1.54, 1.807) is 7.11 Å². The Labute approximate surface area is 147 Å². The summed E-state index contributed by atoms with van der Waals surface area (Å²) in [7, 11) is 1.61. The lowest BCUT2D eigenvalue weighted by molar-refractivity contribution is -0.113. The zero-order chi connectivity index (χ0) is 17.1.